The molecule has 1 saturated carbocycles. The normalized spacial score (nSPS) is 28.9. The highest BCUT2D eigenvalue weighted by atomic mass is 16.8. The number of phenols is 1. The van der Waals surface area contributed by atoms with Crippen molar-refractivity contribution in [2.24, 2.45) is 5.92 Å². The van der Waals surface area contributed by atoms with Crippen LogP contribution in [0.15, 0.2) is 35.9 Å². The minimum atomic E-state index is -0.556. The first-order valence-corrected chi connectivity index (χ1v) is 8.83. The van der Waals surface area contributed by atoms with E-state index in [9.17, 15) is 9.90 Å². The van der Waals surface area contributed by atoms with E-state index in [1.807, 2.05) is 39.0 Å². The van der Waals surface area contributed by atoms with Gasteiger partial charge in [-0.25, -0.2) is 0 Å². The molecule has 0 bridgehead atoms. The Bertz CT molecular complexity index is 647. The number of rotatable bonds is 5. The van der Waals surface area contributed by atoms with Crippen LogP contribution in [-0.2, 0) is 25.4 Å². The second-order valence-corrected chi connectivity index (χ2v) is 7.16. The predicted molar refractivity (Wildman–Crippen MR) is 93.1 cm³/mol. The number of carbonyl (C=O) groups excluding carboxylic acids is 1. The van der Waals surface area contributed by atoms with Gasteiger partial charge in [-0.2, -0.15) is 0 Å². The van der Waals surface area contributed by atoms with E-state index in [-0.39, 0.29) is 29.8 Å². The fourth-order valence-corrected chi connectivity index (χ4v) is 3.75. The molecule has 1 aliphatic heterocycles. The zero-order chi connectivity index (χ0) is 18.0. The fourth-order valence-electron chi connectivity index (χ4n) is 3.75. The second-order valence-electron chi connectivity index (χ2n) is 7.16. The van der Waals surface area contributed by atoms with Gasteiger partial charge in [0.1, 0.15) is 11.9 Å². The van der Waals surface area contributed by atoms with Gasteiger partial charge in [-0.15, -0.1) is 0 Å². The van der Waals surface area contributed by atoms with Gasteiger partial charge in [-0.05, 0) is 56.4 Å². The molecule has 3 atom stereocenters. The average Bonchev–Trinajstić information content (AvgIpc) is 3.00. The lowest BCUT2D eigenvalue weighted by atomic mass is 9.98. The van der Waals surface area contributed by atoms with Crippen molar-refractivity contribution in [1.82, 2.24) is 0 Å². The maximum Gasteiger partial charge on any atom is 0.306 e. The number of fused-ring (bicyclic) bond motifs is 1. The molecule has 1 heterocycles. The molecule has 1 aromatic carbocycles. The van der Waals surface area contributed by atoms with E-state index in [0.717, 1.165) is 17.6 Å². The minimum Gasteiger partial charge on any atom is -0.508 e. The number of ether oxygens (including phenoxy) is 3. The molecule has 1 aliphatic carbocycles. The van der Waals surface area contributed by atoms with Crippen LogP contribution in [0, 0.1) is 5.92 Å². The van der Waals surface area contributed by atoms with Gasteiger partial charge in [0.25, 0.3) is 0 Å². The highest BCUT2D eigenvalue weighted by molar-refractivity contribution is 5.70. The summed E-state index contributed by atoms with van der Waals surface area (Å²) in [7, 11) is 0. The van der Waals surface area contributed by atoms with Crippen molar-refractivity contribution in [2.45, 2.75) is 58.0 Å². The van der Waals surface area contributed by atoms with Crippen LogP contribution >= 0.6 is 0 Å². The summed E-state index contributed by atoms with van der Waals surface area (Å²) in [5.74, 6) is -0.391. The summed E-state index contributed by atoms with van der Waals surface area (Å²) >= 11 is 0. The second kappa shape index (κ2) is 7.18. The Morgan fingerprint density at radius 2 is 2.04 bits per heavy atom. The van der Waals surface area contributed by atoms with E-state index in [1.165, 1.54) is 0 Å². The first-order valence-electron chi connectivity index (χ1n) is 8.83. The first-order chi connectivity index (χ1) is 11.9. The molecule has 0 aromatic heterocycles. The molecular formula is C20H26O5. The number of carbonyl (C=O) groups is 1. The number of hydrogen-bond acceptors (Lipinski definition) is 5. The lowest BCUT2D eigenvalue weighted by Gasteiger charge is -2.21. The summed E-state index contributed by atoms with van der Waals surface area (Å²) < 4.78 is 17.3. The maximum absolute atomic E-state index is 12.2. The van der Waals surface area contributed by atoms with Gasteiger partial charge in [0.2, 0.25) is 0 Å². The molecule has 1 aromatic rings. The predicted octanol–water partition coefficient (Wildman–Crippen LogP) is 3.35. The van der Waals surface area contributed by atoms with E-state index >= 15 is 0 Å². The monoisotopic (exact) mass is 346 g/mol. The third kappa shape index (κ3) is 4.22. The van der Waals surface area contributed by atoms with Gasteiger partial charge in [0, 0.05) is 6.42 Å². The Morgan fingerprint density at radius 3 is 2.72 bits per heavy atom. The molecule has 3 rings (SSSR count). The third-order valence-corrected chi connectivity index (χ3v) is 4.84. The zero-order valence-corrected chi connectivity index (χ0v) is 15.0. The Labute approximate surface area is 148 Å². The van der Waals surface area contributed by atoms with Crippen LogP contribution in [0.5, 0.6) is 5.75 Å². The van der Waals surface area contributed by atoms with Crippen molar-refractivity contribution < 1.29 is 24.1 Å². The number of allylic oxidation sites excluding steroid dienone is 1. The smallest absolute Gasteiger partial charge is 0.306 e. The molecule has 2 fully saturated rings. The largest absolute Gasteiger partial charge is 0.508 e. The van der Waals surface area contributed by atoms with Crippen LogP contribution in [-0.4, -0.2) is 35.7 Å². The van der Waals surface area contributed by atoms with E-state index in [0.29, 0.717) is 19.4 Å². The van der Waals surface area contributed by atoms with Crippen LogP contribution in [0.4, 0.5) is 0 Å². The van der Waals surface area contributed by atoms with Crippen molar-refractivity contribution >= 4 is 5.97 Å². The Balaban J connectivity index is 1.47. The quantitative estimate of drug-likeness (QED) is 0.654. The maximum atomic E-state index is 12.2. The molecule has 1 N–H and O–H groups in total. The van der Waals surface area contributed by atoms with Crippen LogP contribution in [0.2, 0.25) is 0 Å². The Kier molecular flexibility index (Phi) is 5.16. The molecular weight excluding hydrogens is 320 g/mol. The zero-order valence-electron chi connectivity index (χ0n) is 15.0. The molecule has 0 spiro atoms. The molecule has 2 aliphatic rings. The van der Waals surface area contributed by atoms with Crippen LogP contribution in [0.25, 0.3) is 0 Å². The Hall–Kier alpha value is -1.85. The number of benzene rings is 1. The summed E-state index contributed by atoms with van der Waals surface area (Å²) in [4.78, 5) is 12.2. The number of esters is 1. The molecule has 25 heavy (non-hydrogen) atoms. The van der Waals surface area contributed by atoms with Gasteiger partial charge in [0.05, 0.1) is 19.1 Å². The molecule has 1 saturated heterocycles. The topological polar surface area (TPSA) is 65.0 Å². The van der Waals surface area contributed by atoms with Crippen LogP contribution < -0.4 is 0 Å². The third-order valence-electron chi connectivity index (χ3n) is 4.84. The summed E-state index contributed by atoms with van der Waals surface area (Å²) in [5.41, 5.74) is 2.17. The lowest BCUT2D eigenvalue weighted by molar-refractivity contribution is -0.151. The molecule has 0 amide bonds. The summed E-state index contributed by atoms with van der Waals surface area (Å²) in [6, 6.07) is 6.92. The summed E-state index contributed by atoms with van der Waals surface area (Å²) in [5, 5.41) is 9.27. The average molecular weight is 346 g/mol. The van der Waals surface area contributed by atoms with Crippen molar-refractivity contribution in [3.8, 4) is 5.75 Å². The highest BCUT2D eigenvalue weighted by Gasteiger charge is 2.50. The van der Waals surface area contributed by atoms with Gasteiger partial charge in [-0.1, -0.05) is 18.2 Å². The number of hydrogen-bond donors (Lipinski definition) is 1. The first kappa shape index (κ1) is 18.0. The SMILES string of the molecule is CC=C1[C@@H](CC(=O)OCCc2ccc(O)cc2)C[C@@H]2OC(C)(C)O[C@H]12. The molecule has 0 unspecified atom stereocenters. The molecule has 0 radical (unpaired) electrons. The van der Waals surface area contributed by atoms with E-state index in [2.05, 4.69) is 0 Å². The number of phenolic OH excluding ortho intramolecular Hbond substituents is 1. The van der Waals surface area contributed by atoms with Gasteiger partial charge >= 0.3 is 5.97 Å². The van der Waals surface area contributed by atoms with E-state index in [4.69, 9.17) is 14.2 Å². The molecule has 136 valence electrons. The lowest BCUT2D eigenvalue weighted by Crippen LogP contribution is -2.24. The van der Waals surface area contributed by atoms with Gasteiger partial charge in [-0.3, -0.25) is 4.79 Å². The minimum absolute atomic E-state index is 0.0241. The van der Waals surface area contributed by atoms with Crippen LogP contribution in [0.1, 0.15) is 39.2 Å². The van der Waals surface area contributed by atoms with E-state index in [1.54, 1.807) is 12.1 Å². The van der Waals surface area contributed by atoms with Crippen molar-refractivity contribution in [3.63, 3.8) is 0 Å². The van der Waals surface area contributed by atoms with Gasteiger partial charge in [0.15, 0.2) is 5.79 Å². The summed E-state index contributed by atoms with van der Waals surface area (Å²) in [6.45, 7) is 6.17. The van der Waals surface area contributed by atoms with Gasteiger partial charge < -0.3 is 19.3 Å². The highest BCUT2D eigenvalue weighted by Crippen LogP contribution is 2.45. The molecule has 5 nitrogen and oxygen atoms in total. The number of aromatic hydroxyl groups is 1. The molecule has 5 heteroatoms. The van der Waals surface area contributed by atoms with Crippen molar-refractivity contribution in [2.75, 3.05) is 6.61 Å². The Morgan fingerprint density at radius 1 is 1.32 bits per heavy atom. The fraction of sp³-hybridized carbons (Fsp3) is 0.550. The van der Waals surface area contributed by atoms with E-state index < -0.39 is 5.79 Å². The van der Waals surface area contributed by atoms with Crippen molar-refractivity contribution in [1.29, 1.82) is 0 Å². The standard InChI is InChI=1S/C20H26O5/c1-4-16-14(11-17-19(16)25-20(2,3)24-17)12-18(22)23-10-9-13-5-7-15(21)8-6-13/h4-8,14,17,19,21H,9-12H2,1-3H3/t14-,17+,19-/m1/s1. The summed E-state index contributed by atoms with van der Waals surface area (Å²) in [6.07, 6.45) is 3.81. The van der Waals surface area contributed by atoms with Crippen LogP contribution in [0.3, 0.4) is 0 Å². The van der Waals surface area contributed by atoms with Crippen molar-refractivity contribution in [3.05, 3.63) is 41.5 Å².